The van der Waals surface area contributed by atoms with Crippen molar-refractivity contribution < 1.29 is 24.1 Å². The molecule has 2 aliphatic rings. The Morgan fingerprint density at radius 1 is 1.00 bits per heavy atom. The highest BCUT2D eigenvalue weighted by Gasteiger charge is 2.48. The number of aliphatic hydroxyl groups excluding tert-OH is 1. The second-order valence-electron chi connectivity index (χ2n) is 11.6. The molecule has 6 rings (SSSR count). The lowest BCUT2D eigenvalue weighted by Crippen LogP contribution is -2.34. The maximum absolute atomic E-state index is 10.0. The average molecular weight is 580 g/mol. The fourth-order valence-electron chi connectivity index (χ4n) is 5.13. The number of aromatic nitrogens is 3. The smallest absolute Gasteiger partial charge is 0.296 e. The van der Waals surface area contributed by atoms with E-state index in [2.05, 4.69) is 66.0 Å². The highest BCUT2D eigenvalue weighted by atomic mass is 35.5. The van der Waals surface area contributed by atoms with Crippen molar-refractivity contribution in [3.63, 3.8) is 0 Å². The Morgan fingerprint density at radius 3 is 2.48 bits per heavy atom. The van der Waals surface area contributed by atoms with E-state index < -0.39 is 20.3 Å². The lowest BCUT2D eigenvalue weighted by molar-refractivity contribution is 0.00706. The van der Waals surface area contributed by atoms with Gasteiger partial charge in [-0.1, -0.05) is 85.8 Å². The van der Waals surface area contributed by atoms with Gasteiger partial charge in [0, 0.05) is 14.7 Å². The molecule has 0 amide bonds. The van der Waals surface area contributed by atoms with E-state index in [1.54, 1.807) is 0 Å². The summed E-state index contributed by atoms with van der Waals surface area (Å²) in [5.41, 5.74) is 5.02. The Hall–Kier alpha value is -2.79. The first-order valence-electron chi connectivity index (χ1n) is 13.7. The molecule has 10 heteroatoms. The number of aliphatic hydroxyl groups is 1. The number of aromatic amines is 1. The Labute approximate surface area is 239 Å². The maximum atomic E-state index is 10.0. The van der Waals surface area contributed by atoms with Crippen molar-refractivity contribution in [2.75, 3.05) is 19.8 Å². The fourth-order valence-corrected chi connectivity index (χ4v) is 6.12. The third-order valence-electron chi connectivity index (χ3n) is 7.38. The van der Waals surface area contributed by atoms with E-state index in [9.17, 15) is 5.11 Å². The molecule has 210 valence electrons. The third-order valence-corrected chi connectivity index (χ3v) is 9.39. The van der Waals surface area contributed by atoms with Gasteiger partial charge in [-0.05, 0) is 28.8 Å². The van der Waals surface area contributed by atoms with Crippen molar-refractivity contribution in [3.05, 3.63) is 76.9 Å². The highest BCUT2D eigenvalue weighted by molar-refractivity contribution is 6.76. The molecular formula is C30H34ClN3O5Si. The number of fused-ring (bicyclic) bond motifs is 2. The van der Waals surface area contributed by atoms with Gasteiger partial charge in [0.2, 0.25) is 0 Å². The predicted octanol–water partition coefficient (Wildman–Crippen LogP) is 5.63. The minimum absolute atomic E-state index is 0.237. The maximum Gasteiger partial charge on any atom is 0.296 e. The molecule has 1 unspecified atom stereocenters. The van der Waals surface area contributed by atoms with Gasteiger partial charge >= 0.3 is 0 Å². The molecule has 8 nitrogen and oxygen atoms in total. The first-order chi connectivity index (χ1) is 19.2. The van der Waals surface area contributed by atoms with Crippen LogP contribution < -0.4 is 4.74 Å². The number of nitrogens with zero attached hydrogens (tertiary/aromatic N) is 2. The molecule has 2 aromatic carbocycles. The minimum atomic E-state index is -1.31. The summed E-state index contributed by atoms with van der Waals surface area (Å²) in [5.74, 6) is 0. The summed E-state index contributed by atoms with van der Waals surface area (Å²) in [6.45, 7) is 8.16. The molecule has 2 aromatic heterocycles. The SMILES string of the molecule is C[Si](C)(C)CCOC(c1ccc(-c2ccccc2)cc1)c1nc2nc(O[C@@H]3CO[C@H]4[C@@H]3OC[C@H]4O)[nH]c2cc1Cl. The number of nitrogens with one attached hydrogen (secondary N) is 1. The van der Waals surface area contributed by atoms with Crippen molar-refractivity contribution in [2.24, 2.45) is 0 Å². The van der Waals surface area contributed by atoms with Crippen LogP contribution in [0.3, 0.4) is 0 Å². The quantitative estimate of drug-likeness (QED) is 0.248. The summed E-state index contributed by atoms with van der Waals surface area (Å²) < 4.78 is 23.9. The second kappa shape index (κ2) is 11.2. The van der Waals surface area contributed by atoms with Crippen LogP contribution in [0.4, 0.5) is 0 Å². The summed E-state index contributed by atoms with van der Waals surface area (Å²) in [7, 11) is -1.31. The van der Waals surface area contributed by atoms with Crippen LogP contribution in [0.1, 0.15) is 17.4 Å². The summed E-state index contributed by atoms with van der Waals surface area (Å²) in [4.78, 5) is 12.6. The van der Waals surface area contributed by atoms with E-state index in [1.165, 1.54) is 0 Å². The second-order valence-corrected chi connectivity index (χ2v) is 17.7. The molecule has 0 saturated carbocycles. The van der Waals surface area contributed by atoms with Gasteiger partial charge in [-0.3, -0.25) is 0 Å². The van der Waals surface area contributed by atoms with Crippen LogP contribution in [0.25, 0.3) is 22.3 Å². The van der Waals surface area contributed by atoms with E-state index in [-0.39, 0.29) is 24.9 Å². The predicted molar refractivity (Wildman–Crippen MR) is 157 cm³/mol. The highest BCUT2D eigenvalue weighted by Crippen LogP contribution is 2.35. The normalized spacial score (nSPS) is 23.4. The van der Waals surface area contributed by atoms with Crippen LogP contribution in [-0.4, -0.2) is 72.4 Å². The minimum Gasteiger partial charge on any atom is -0.456 e. The number of H-pyrrole nitrogens is 1. The summed E-state index contributed by atoms with van der Waals surface area (Å²) in [5, 5.41) is 10.5. The van der Waals surface area contributed by atoms with Crippen LogP contribution >= 0.6 is 11.6 Å². The fraction of sp³-hybridized carbons (Fsp3) is 0.400. The van der Waals surface area contributed by atoms with Gasteiger partial charge in [-0.2, -0.15) is 4.98 Å². The van der Waals surface area contributed by atoms with Gasteiger partial charge < -0.3 is 29.0 Å². The van der Waals surface area contributed by atoms with Crippen LogP contribution in [0.5, 0.6) is 6.01 Å². The van der Waals surface area contributed by atoms with Crippen LogP contribution in [0.2, 0.25) is 30.7 Å². The van der Waals surface area contributed by atoms with E-state index in [1.807, 2.05) is 24.3 Å². The number of ether oxygens (including phenoxy) is 4. The van der Waals surface area contributed by atoms with Gasteiger partial charge in [0.05, 0.1) is 29.4 Å². The number of halogens is 1. The third kappa shape index (κ3) is 5.81. The summed E-state index contributed by atoms with van der Waals surface area (Å²) >= 11 is 6.82. The zero-order valence-corrected chi connectivity index (χ0v) is 24.6. The molecule has 2 N–H and O–H groups in total. The van der Waals surface area contributed by atoms with Crippen LogP contribution in [0, 0.1) is 0 Å². The molecule has 0 spiro atoms. The molecule has 40 heavy (non-hydrogen) atoms. The molecule has 5 atom stereocenters. The van der Waals surface area contributed by atoms with Gasteiger partial charge in [0.1, 0.15) is 24.4 Å². The largest absolute Gasteiger partial charge is 0.456 e. The summed E-state index contributed by atoms with van der Waals surface area (Å²) in [6, 6.07) is 21.8. The van der Waals surface area contributed by atoms with Gasteiger partial charge in [0.25, 0.3) is 6.01 Å². The molecule has 4 aromatic rings. The van der Waals surface area contributed by atoms with E-state index in [0.29, 0.717) is 41.1 Å². The van der Waals surface area contributed by atoms with Crippen LogP contribution in [-0.2, 0) is 14.2 Å². The molecule has 0 bridgehead atoms. The van der Waals surface area contributed by atoms with Crippen molar-refractivity contribution in [1.82, 2.24) is 15.0 Å². The summed E-state index contributed by atoms with van der Waals surface area (Å²) in [6.07, 6.45) is -2.18. The molecule has 0 aliphatic carbocycles. The zero-order valence-electron chi connectivity index (χ0n) is 22.8. The number of hydrogen-bond acceptors (Lipinski definition) is 7. The van der Waals surface area contributed by atoms with Crippen LogP contribution in [0.15, 0.2) is 60.7 Å². The molecule has 2 saturated heterocycles. The van der Waals surface area contributed by atoms with E-state index >= 15 is 0 Å². The van der Waals surface area contributed by atoms with E-state index in [0.717, 1.165) is 22.7 Å². The Morgan fingerprint density at radius 2 is 1.73 bits per heavy atom. The molecule has 4 heterocycles. The number of rotatable bonds is 9. The average Bonchev–Trinajstić information content (AvgIpc) is 3.63. The Kier molecular flexibility index (Phi) is 7.69. The molecule has 0 radical (unpaired) electrons. The zero-order chi connectivity index (χ0) is 27.9. The number of benzene rings is 2. The lowest BCUT2D eigenvalue weighted by Gasteiger charge is -2.22. The number of hydrogen-bond donors (Lipinski definition) is 2. The van der Waals surface area contributed by atoms with Crippen molar-refractivity contribution in [3.8, 4) is 17.1 Å². The first-order valence-corrected chi connectivity index (χ1v) is 17.7. The van der Waals surface area contributed by atoms with Gasteiger partial charge in [-0.25, -0.2) is 4.98 Å². The number of pyridine rings is 1. The topological polar surface area (TPSA) is 98.7 Å². The van der Waals surface area contributed by atoms with Gasteiger partial charge in [-0.15, -0.1) is 0 Å². The molecule has 2 aliphatic heterocycles. The monoisotopic (exact) mass is 579 g/mol. The van der Waals surface area contributed by atoms with Gasteiger partial charge in [0.15, 0.2) is 11.8 Å². The van der Waals surface area contributed by atoms with Crippen molar-refractivity contribution >= 4 is 30.8 Å². The Bertz CT molecular complexity index is 1460. The van der Waals surface area contributed by atoms with Crippen molar-refractivity contribution in [1.29, 1.82) is 0 Å². The number of imidazole rings is 1. The first kappa shape index (κ1) is 27.4. The van der Waals surface area contributed by atoms with Crippen molar-refractivity contribution in [2.45, 2.75) is 56.2 Å². The van der Waals surface area contributed by atoms with E-state index in [4.69, 9.17) is 35.5 Å². The standard InChI is InChI=1S/C30H34ClN3O5Si/c1-40(2,3)14-13-36-26(20-11-9-19(10-12-20)18-7-5-4-6-8-18)25-21(31)15-22-29(33-25)34-30(32-22)39-24-17-38-27-23(35)16-37-28(24)27/h4-12,15,23-24,26-28,35H,13-14,16-17H2,1-3H3,(H,32,33,34)/t23-,24-,26?,27-,28-/m1/s1. The molecular weight excluding hydrogens is 546 g/mol. The Balaban J connectivity index is 1.28. The lowest BCUT2D eigenvalue weighted by atomic mass is 10.00. The molecule has 2 fully saturated rings.